The van der Waals surface area contributed by atoms with E-state index in [1.807, 2.05) is 0 Å². The van der Waals surface area contributed by atoms with E-state index in [0.717, 1.165) is 6.33 Å². The van der Waals surface area contributed by atoms with E-state index in [0.29, 0.717) is 0 Å². The highest BCUT2D eigenvalue weighted by atomic mass is 79.9. The molecule has 1 aromatic rings. The summed E-state index contributed by atoms with van der Waals surface area (Å²) in [7, 11) is 1.49. The van der Waals surface area contributed by atoms with Gasteiger partial charge in [0.2, 0.25) is 5.88 Å². The molecule has 4 nitrogen and oxygen atoms in total. The van der Waals surface area contributed by atoms with Crippen LogP contribution in [0.15, 0.2) is 10.8 Å². The molecule has 0 amide bonds. The Kier molecular flexibility index (Phi) is 4.30. The number of rotatable bonds is 4. The Morgan fingerprint density at radius 3 is 2.39 bits per heavy atom. The first-order valence-corrected chi connectivity index (χ1v) is 5.24. The molecule has 0 aliphatic heterocycles. The fraction of sp³-hybridized carbons (Fsp3) is 0.500. The Hall–Kier alpha value is -1.19. The van der Waals surface area contributed by atoms with E-state index in [9.17, 15) is 22.0 Å². The lowest BCUT2D eigenvalue weighted by Crippen LogP contribution is -2.41. The number of hydrogen-bond donors (Lipinski definition) is 1. The Morgan fingerprint density at radius 1 is 1.28 bits per heavy atom. The van der Waals surface area contributed by atoms with Crippen molar-refractivity contribution in [1.29, 1.82) is 0 Å². The average Bonchev–Trinajstić information content (AvgIpc) is 2.26. The summed E-state index contributed by atoms with van der Waals surface area (Å²) in [6.45, 7) is -1.85. The molecule has 0 atom stereocenters. The van der Waals surface area contributed by atoms with Crippen molar-refractivity contribution in [2.45, 2.75) is 12.1 Å². The van der Waals surface area contributed by atoms with Gasteiger partial charge in [-0.25, -0.2) is 9.97 Å². The number of anilines is 1. The first kappa shape index (κ1) is 14.9. The number of ether oxygens (including phenoxy) is 1. The zero-order valence-electron chi connectivity index (χ0n) is 8.85. The van der Waals surface area contributed by atoms with Gasteiger partial charge in [0.25, 0.3) is 0 Å². The zero-order valence-corrected chi connectivity index (χ0v) is 10.4. The Morgan fingerprint density at radius 2 is 1.89 bits per heavy atom. The molecule has 1 heterocycles. The van der Waals surface area contributed by atoms with E-state index >= 15 is 0 Å². The van der Waals surface area contributed by atoms with Crippen LogP contribution in [0.5, 0.6) is 5.88 Å². The van der Waals surface area contributed by atoms with Gasteiger partial charge in [0.05, 0.1) is 0 Å². The number of halogens is 6. The molecule has 0 aromatic carbocycles. The maximum absolute atomic E-state index is 12.6. The second kappa shape index (κ2) is 5.21. The summed E-state index contributed by atoms with van der Waals surface area (Å²) >= 11 is 2.92. The van der Waals surface area contributed by atoms with Gasteiger partial charge < -0.3 is 10.1 Å². The normalized spacial score (nSPS) is 12.4. The minimum Gasteiger partial charge on any atom is -0.470 e. The van der Waals surface area contributed by atoms with Gasteiger partial charge in [-0.3, -0.25) is 0 Å². The molecule has 0 saturated heterocycles. The van der Waals surface area contributed by atoms with Gasteiger partial charge in [-0.05, 0) is 15.9 Å². The van der Waals surface area contributed by atoms with Gasteiger partial charge in [-0.2, -0.15) is 22.0 Å². The lowest BCUT2D eigenvalue weighted by molar-refractivity contribution is -0.290. The summed E-state index contributed by atoms with van der Waals surface area (Å²) in [5, 5.41) is 2.58. The summed E-state index contributed by atoms with van der Waals surface area (Å²) in [5.41, 5.74) is 0. The quantitative estimate of drug-likeness (QED) is 0.859. The summed E-state index contributed by atoms with van der Waals surface area (Å²) < 4.78 is 65.3. The minimum absolute atomic E-state index is 0.0606. The predicted molar refractivity (Wildman–Crippen MR) is 55.8 cm³/mol. The number of aromatic nitrogens is 2. The van der Waals surface area contributed by atoms with Crippen molar-refractivity contribution >= 4 is 21.7 Å². The smallest absolute Gasteiger partial charge is 0.456 e. The molecule has 1 aromatic heterocycles. The van der Waals surface area contributed by atoms with Gasteiger partial charge in [0.1, 0.15) is 16.6 Å². The van der Waals surface area contributed by atoms with Crippen LogP contribution in [0, 0.1) is 0 Å². The second-order valence-corrected chi connectivity index (χ2v) is 3.88. The van der Waals surface area contributed by atoms with E-state index < -0.39 is 24.6 Å². The summed E-state index contributed by atoms with van der Waals surface area (Å²) in [5.74, 6) is -5.15. The third-order valence-corrected chi connectivity index (χ3v) is 2.51. The van der Waals surface area contributed by atoms with Crippen LogP contribution in [0.2, 0.25) is 0 Å². The van der Waals surface area contributed by atoms with Crippen molar-refractivity contribution < 1.29 is 26.7 Å². The zero-order chi connectivity index (χ0) is 14.0. The maximum Gasteiger partial charge on any atom is 0.456 e. The van der Waals surface area contributed by atoms with Crippen molar-refractivity contribution in [3.63, 3.8) is 0 Å². The monoisotopic (exact) mass is 335 g/mol. The van der Waals surface area contributed by atoms with Crippen LogP contribution in [0.25, 0.3) is 0 Å². The van der Waals surface area contributed by atoms with Crippen LogP contribution in [0.3, 0.4) is 0 Å². The molecule has 0 aliphatic carbocycles. The molecular weight excluding hydrogens is 329 g/mol. The Labute approximate surface area is 107 Å². The molecule has 0 saturated carbocycles. The number of alkyl halides is 5. The van der Waals surface area contributed by atoms with Crippen LogP contribution in [0.1, 0.15) is 0 Å². The van der Waals surface area contributed by atoms with Gasteiger partial charge in [0, 0.05) is 7.05 Å². The lowest BCUT2D eigenvalue weighted by atomic mass is 10.3. The Balaban J connectivity index is 2.82. The molecule has 18 heavy (non-hydrogen) atoms. The molecule has 0 aliphatic rings. The van der Waals surface area contributed by atoms with E-state index in [-0.39, 0.29) is 10.3 Å². The van der Waals surface area contributed by atoms with Gasteiger partial charge in [0.15, 0.2) is 6.61 Å². The number of nitrogens with zero attached hydrogens (tertiary/aromatic N) is 2. The van der Waals surface area contributed by atoms with E-state index in [2.05, 4.69) is 36.0 Å². The van der Waals surface area contributed by atoms with Crippen molar-refractivity contribution in [3.05, 3.63) is 10.8 Å². The summed E-state index contributed by atoms with van der Waals surface area (Å²) in [6, 6.07) is 0. The third kappa shape index (κ3) is 3.18. The fourth-order valence-electron chi connectivity index (χ4n) is 0.869. The van der Waals surface area contributed by atoms with Crippen LogP contribution < -0.4 is 10.1 Å². The highest BCUT2D eigenvalue weighted by molar-refractivity contribution is 9.10. The molecule has 102 valence electrons. The molecule has 10 heteroatoms. The lowest BCUT2D eigenvalue weighted by Gasteiger charge is -2.19. The predicted octanol–water partition coefficient (Wildman–Crippen LogP) is 2.86. The Bertz CT molecular complexity index is 426. The van der Waals surface area contributed by atoms with E-state index in [1.54, 1.807) is 0 Å². The molecule has 0 bridgehead atoms. The third-order valence-electron chi connectivity index (χ3n) is 1.80. The average molecular weight is 336 g/mol. The van der Waals surface area contributed by atoms with Gasteiger partial charge in [-0.1, -0.05) is 0 Å². The van der Waals surface area contributed by atoms with E-state index in [4.69, 9.17) is 0 Å². The van der Waals surface area contributed by atoms with Crippen molar-refractivity contribution in [3.8, 4) is 5.88 Å². The standard InChI is InChI=1S/C8H7BrF5N3O/c1-15-5-4(9)6(17-3-16-5)18-2-7(10,11)8(12,13)14/h3H,2H2,1H3,(H,15,16,17). The molecule has 0 unspecified atom stereocenters. The SMILES string of the molecule is CNc1ncnc(OCC(F)(F)C(F)(F)F)c1Br. The van der Waals surface area contributed by atoms with Crippen LogP contribution in [0.4, 0.5) is 27.8 Å². The van der Waals surface area contributed by atoms with Crippen LogP contribution >= 0.6 is 15.9 Å². The summed E-state index contributed by atoms with van der Waals surface area (Å²) in [6.07, 6.45) is -4.70. The molecule has 1 rings (SSSR count). The van der Waals surface area contributed by atoms with Crippen molar-refractivity contribution in [2.24, 2.45) is 0 Å². The molecule has 0 spiro atoms. The number of hydrogen-bond acceptors (Lipinski definition) is 4. The highest BCUT2D eigenvalue weighted by Gasteiger charge is 2.58. The van der Waals surface area contributed by atoms with E-state index in [1.165, 1.54) is 7.05 Å². The largest absolute Gasteiger partial charge is 0.470 e. The minimum atomic E-state index is -5.67. The van der Waals surface area contributed by atoms with Gasteiger partial charge >= 0.3 is 12.1 Å². The number of nitrogens with one attached hydrogen (secondary N) is 1. The van der Waals surface area contributed by atoms with Crippen molar-refractivity contribution in [1.82, 2.24) is 9.97 Å². The maximum atomic E-state index is 12.6. The highest BCUT2D eigenvalue weighted by Crippen LogP contribution is 2.36. The van der Waals surface area contributed by atoms with Crippen LogP contribution in [-0.4, -0.2) is 35.7 Å². The summed E-state index contributed by atoms with van der Waals surface area (Å²) in [4.78, 5) is 7.14. The molecule has 0 radical (unpaired) electrons. The topological polar surface area (TPSA) is 47.0 Å². The first-order valence-electron chi connectivity index (χ1n) is 4.44. The molecule has 0 fully saturated rings. The first-order chi connectivity index (χ1) is 8.19. The van der Waals surface area contributed by atoms with Crippen molar-refractivity contribution in [2.75, 3.05) is 19.0 Å². The molecule has 1 N–H and O–H groups in total. The molecular formula is C8H7BrF5N3O. The fourth-order valence-corrected chi connectivity index (χ4v) is 1.39. The van der Waals surface area contributed by atoms with Gasteiger partial charge in [-0.15, -0.1) is 0 Å². The second-order valence-electron chi connectivity index (χ2n) is 3.08. The van der Waals surface area contributed by atoms with Crippen LogP contribution in [-0.2, 0) is 0 Å².